The number of aromatic nitrogens is 2. The van der Waals surface area contributed by atoms with Crippen LogP contribution in [-0.4, -0.2) is 38.6 Å². The third-order valence-corrected chi connectivity index (χ3v) is 3.39. The first kappa shape index (κ1) is 12.7. The lowest BCUT2D eigenvalue weighted by Crippen LogP contribution is -2.33. The van der Waals surface area contributed by atoms with Gasteiger partial charge >= 0.3 is 5.69 Å². The third-order valence-electron chi connectivity index (χ3n) is 2.62. The first-order valence-electron chi connectivity index (χ1n) is 4.98. The Balaban J connectivity index is 2.34. The lowest BCUT2D eigenvalue weighted by atomic mass is 10.2. The topological polar surface area (TPSA) is 105 Å². The monoisotopic (exact) mass is 354 g/mol. The molecular weight excluding hydrogens is 343 g/mol. The molecule has 1 fully saturated rings. The standard InChI is InChI=1S/C9H11IN2O5/c10-4-2-12(9(16)11-8(4)15)7-1-5(14)6(3-13)17-7/h2,5-7,13-14H,1,3H2,(H,11,15,16)/t5?,6-,7-/m1/s1. The van der Waals surface area contributed by atoms with E-state index < -0.39 is 29.7 Å². The van der Waals surface area contributed by atoms with Gasteiger partial charge in [-0.2, -0.15) is 0 Å². The number of aromatic amines is 1. The smallest absolute Gasteiger partial charge is 0.330 e. The summed E-state index contributed by atoms with van der Waals surface area (Å²) >= 11 is 1.80. The van der Waals surface area contributed by atoms with E-state index in [1.807, 2.05) is 0 Å². The van der Waals surface area contributed by atoms with Crippen LogP contribution in [-0.2, 0) is 4.74 Å². The number of aliphatic hydroxyl groups excluding tert-OH is 2. The molecule has 94 valence electrons. The number of H-pyrrole nitrogens is 1. The first-order chi connectivity index (χ1) is 8.02. The Morgan fingerprint density at radius 2 is 2.29 bits per heavy atom. The fourth-order valence-electron chi connectivity index (χ4n) is 1.72. The fourth-order valence-corrected chi connectivity index (χ4v) is 2.16. The van der Waals surface area contributed by atoms with E-state index >= 15 is 0 Å². The van der Waals surface area contributed by atoms with Gasteiger partial charge in [0.25, 0.3) is 5.56 Å². The van der Waals surface area contributed by atoms with Crippen molar-refractivity contribution in [2.45, 2.75) is 24.9 Å². The summed E-state index contributed by atoms with van der Waals surface area (Å²) in [5, 5.41) is 18.5. The molecular formula is C9H11IN2O5. The average Bonchev–Trinajstić information content (AvgIpc) is 2.65. The zero-order valence-electron chi connectivity index (χ0n) is 8.67. The van der Waals surface area contributed by atoms with Crippen molar-refractivity contribution in [1.29, 1.82) is 0 Å². The Kier molecular flexibility index (Phi) is 3.66. The molecule has 0 aromatic carbocycles. The molecule has 8 heteroatoms. The number of aliphatic hydroxyl groups is 2. The zero-order valence-corrected chi connectivity index (χ0v) is 10.8. The van der Waals surface area contributed by atoms with E-state index in [0.29, 0.717) is 3.57 Å². The Morgan fingerprint density at radius 3 is 2.88 bits per heavy atom. The highest BCUT2D eigenvalue weighted by Gasteiger charge is 2.34. The molecule has 7 nitrogen and oxygen atoms in total. The van der Waals surface area contributed by atoms with Gasteiger partial charge in [-0.25, -0.2) is 4.79 Å². The van der Waals surface area contributed by atoms with Gasteiger partial charge in [0.1, 0.15) is 12.3 Å². The second-order valence-corrected chi connectivity index (χ2v) is 4.92. The van der Waals surface area contributed by atoms with E-state index in [4.69, 9.17) is 9.84 Å². The normalized spacial score (nSPS) is 28.5. The van der Waals surface area contributed by atoms with Crippen LogP contribution in [0.1, 0.15) is 12.6 Å². The van der Waals surface area contributed by atoms with Crippen molar-refractivity contribution < 1.29 is 14.9 Å². The van der Waals surface area contributed by atoms with Gasteiger partial charge in [-0.15, -0.1) is 0 Å². The summed E-state index contributed by atoms with van der Waals surface area (Å²) in [5.41, 5.74) is -1.05. The van der Waals surface area contributed by atoms with Gasteiger partial charge in [0.15, 0.2) is 0 Å². The van der Waals surface area contributed by atoms with Gasteiger partial charge < -0.3 is 14.9 Å². The van der Waals surface area contributed by atoms with Gasteiger partial charge in [0.2, 0.25) is 0 Å². The van der Waals surface area contributed by atoms with Crippen LogP contribution in [0.3, 0.4) is 0 Å². The maximum Gasteiger partial charge on any atom is 0.330 e. The van der Waals surface area contributed by atoms with E-state index in [1.165, 1.54) is 10.8 Å². The number of rotatable bonds is 2. The predicted molar refractivity (Wildman–Crippen MR) is 65.7 cm³/mol. The molecule has 1 aromatic rings. The molecule has 17 heavy (non-hydrogen) atoms. The van der Waals surface area contributed by atoms with Crippen molar-refractivity contribution in [2.24, 2.45) is 0 Å². The maximum atomic E-state index is 11.6. The van der Waals surface area contributed by atoms with Crippen LogP contribution >= 0.6 is 22.6 Å². The zero-order chi connectivity index (χ0) is 12.6. The molecule has 0 bridgehead atoms. The molecule has 1 aliphatic heterocycles. The number of nitrogens with zero attached hydrogens (tertiary/aromatic N) is 1. The van der Waals surface area contributed by atoms with Crippen LogP contribution in [0, 0.1) is 3.57 Å². The summed E-state index contributed by atoms with van der Waals surface area (Å²) in [6, 6.07) is 0. The lowest BCUT2D eigenvalue weighted by molar-refractivity contribution is -0.0459. The molecule has 3 atom stereocenters. The predicted octanol–water partition coefficient (Wildman–Crippen LogP) is -1.22. The van der Waals surface area contributed by atoms with E-state index in [0.717, 1.165) is 0 Å². The van der Waals surface area contributed by atoms with Crippen LogP contribution < -0.4 is 11.2 Å². The number of ether oxygens (including phenoxy) is 1. The summed E-state index contributed by atoms with van der Waals surface area (Å²) in [6.07, 6.45) is -0.607. The molecule has 1 aliphatic rings. The molecule has 0 saturated carbocycles. The number of hydrogen-bond acceptors (Lipinski definition) is 5. The van der Waals surface area contributed by atoms with Gasteiger partial charge in [0, 0.05) is 12.6 Å². The van der Waals surface area contributed by atoms with Crippen molar-refractivity contribution >= 4 is 22.6 Å². The average molecular weight is 354 g/mol. The molecule has 0 amide bonds. The number of nitrogens with one attached hydrogen (secondary N) is 1. The minimum atomic E-state index is -0.818. The van der Waals surface area contributed by atoms with Crippen LogP contribution in [0.15, 0.2) is 15.8 Å². The quantitative estimate of drug-likeness (QED) is 0.578. The second kappa shape index (κ2) is 4.88. The SMILES string of the molecule is O=c1[nH]c(=O)n([C@H]2CC(O)[C@@H](CO)O2)cc1I. The minimum Gasteiger partial charge on any atom is -0.394 e. The number of halogens is 1. The molecule has 1 saturated heterocycles. The van der Waals surface area contributed by atoms with E-state index in [1.54, 1.807) is 22.6 Å². The summed E-state index contributed by atoms with van der Waals surface area (Å²) in [6.45, 7) is -0.313. The van der Waals surface area contributed by atoms with Gasteiger partial charge in [-0.3, -0.25) is 14.3 Å². The maximum absolute atomic E-state index is 11.6. The van der Waals surface area contributed by atoms with Crippen molar-refractivity contribution in [3.63, 3.8) is 0 Å². The Hall–Kier alpha value is -0.710. The minimum absolute atomic E-state index is 0.202. The van der Waals surface area contributed by atoms with Gasteiger partial charge in [0.05, 0.1) is 16.3 Å². The van der Waals surface area contributed by atoms with Crippen molar-refractivity contribution in [1.82, 2.24) is 9.55 Å². The fraction of sp³-hybridized carbons (Fsp3) is 0.556. The van der Waals surface area contributed by atoms with Crippen molar-refractivity contribution in [2.75, 3.05) is 6.61 Å². The molecule has 0 radical (unpaired) electrons. The van der Waals surface area contributed by atoms with Crippen LogP contribution in [0.25, 0.3) is 0 Å². The third kappa shape index (κ3) is 2.44. The number of hydrogen-bond donors (Lipinski definition) is 3. The lowest BCUT2D eigenvalue weighted by Gasteiger charge is -2.14. The largest absolute Gasteiger partial charge is 0.394 e. The summed E-state index contributed by atoms with van der Waals surface area (Å²) in [5.74, 6) is 0. The highest BCUT2D eigenvalue weighted by atomic mass is 127. The molecule has 0 spiro atoms. The molecule has 1 aromatic heterocycles. The van der Waals surface area contributed by atoms with Crippen molar-refractivity contribution in [3.05, 3.63) is 30.6 Å². The Bertz CT molecular complexity index is 525. The molecule has 0 aliphatic carbocycles. The molecule has 2 heterocycles. The first-order valence-corrected chi connectivity index (χ1v) is 6.06. The highest BCUT2D eigenvalue weighted by molar-refractivity contribution is 14.1. The van der Waals surface area contributed by atoms with E-state index in [9.17, 15) is 14.7 Å². The molecule has 1 unspecified atom stereocenters. The van der Waals surface area contributed by atoms with Crippen molar-refractivity contribution in [3.8, 4) is 0 Å². The van der Waals surface area contributed by atoms with E-state index in [-0.39, 0.29) is 13.0 Å². The van der Waals surface area contributed by atoms with Crippen LogP contribution in [0.5, 0.6) is 0 Å². The Labute approximate surface area is 109 Å². The highest BCUT2D eigenvalue weighted by Crippen LogP contribution is 2.27. The second-order valence-electron chi connectivity index (χ2n) is 3.76. The molecule has 3 N–H and O–H groups in total. The van der Waals surface area contributed by atoms with E-state index in [2.05, 4.69) is 4.98 Å². The van der Waals surface area contributed by atoms with Gasteiger partial charge in [-0.1, -0.05) is 0 Å². The summed E-state index contributed by atoms with van der Waals surface area (Å²) < 4.78 is 6.89. The Morgan fingerprint density at radius 1 is 1.59 bits per heavy atom. The van der Waals surface area contributed by atoms with Crippen LogP contribution in [0.2, 0.25) is 0 Å². The summed E-state index contributed by atoms with van der Waals surface area (Å²) in [7, 11) is 0. The molecule has 2 rings (SSSR count). The van der Waals surface area contributed by atoms with Crippen LogP contribution in [0.4, 0.5) is 0 Å². The van der Waals surface area contributed by atoms with Gasteiger partial charge in [-0.05, 0) is 22.6 Å². The summed E-state index contributed by atoms with van der Waals surface area (Å²) in [4.78, 5) is 24.9.